The zero-order chi connectivity index (χ0) is 19.9. The summed E-state index contributed by atoms with van der Waals surface area (Å²) < 4.78 is 5.81. The van der Waals surface area contributed by atoms with E-state index in [-0.39, 0.29) is 24.1 Å². The lowest BCUT2D eigenvalue weighted by Crippen LogP contribution is -2.16. The Morgan fingerprint density at radius 1 is 1.10 bits per heavy atom. The van der Waals surface area contributed by atoms with Crippen LogP contribution in [-0.2, 0) is 11.4 Å². The van der Waals surface area contributed by atoms with Crippen molar-refractivity contribution in [2.24, 2.45) is 0 Å². The summed E-state index contributed by atoms with van der Waals surface area (Å²) in [5.74, 6) is -0.862. The Morgan fingerprint density at radius 3 is 2.59 bits per heavy atom. The van der Waals surface area contributed by atoms with Crippen molar-refractivity contribution in [2.45, 2.75) is 32.3 Å². The molecule has 152 valence electrons. The van der Waals surface area contributed by atoms with Crippen LogP contribution < -0.4 is 4.74 Å². The van der Waals surface area contributed by atoms with Gasteiger partial charge in [-0.05, 0) is 59.0 Å². The number of ketones is 1. The molecule has 6 heteroatoms. The van der Waals surface area contributed by atoms with E-state index in [1.165, 1.54) is 0 Å². The van der Waals surface area contributed by atoms with E-state index in [0.29, 0.717) is 17.9 Å². The van der Waals surface area contributed by atoms with Crippen LogP contribution in [0.5, 0.6) is 5.75 Å². The third-order valence-corrected chi connectivity index (χ3v) is 5.36. The van der Waals surface area contributed by atoms with Gasteiger partial charge >= 0.3 is 5.97 Å². The molecule has 0 saturated heterocycles. The van der Waals surface area contributed by atoms with Gasteiger partial charge in [-0.3, -0.25) is 9.59 Å². The fourth-order valence-corrected chi connectivity index (χ4v) is 3.81. The molecular weight excluding hydrogens is 388 g/mol. The van der Waals surface area contributed by atoms with Crippen LogP contribution in [0.15, 0.2) is 65.4 Å². The van der Waals surface area contributed by atoms with Crippen LogP contribution in [0.3, 0.4) is 0 Å². The molecule has 0 aliphatic heterocycles. The molecule has 3 N–H and O–H groups in total. The number of carbonyl (C=O) groups is 2. The van der Waals surface area contributed by atoms with E-state index in [9.17, 15) is 9.59 Å². The van der Waals surface area contributed by atoms with E-state index in [4.69, 9.17) is 9.84 Å². The Morgan fingerprint density at radius 2 is 1.90 bits per heavy atom. The summed E-state index contributed by atoms with van der Waals surface area (Å²) in [6.07, 6.45) is 0.206. The molecule has 0 bridgehead atoms. The van der Waals surface area contributed by atoms with Gasteiger partial charge in [0.25, 0.3) is 0 Å². The van der Waals surface area contributed by atoms with Crippen LogP contribution >= 0.6 is 11.3 Å². The van der Waals surface area contributed by atoms with E-state index in [1.54, 1.807) is 29.5 Å². The summed E-state index contributed by atoms with van der Waals surface area (Å²) in [7, 11) is 0. The van der Waals surface area contributed by atoms with Crippen LogP contribution in [0.1, 0.15) is 45.8 Å². The van der Waals surface area contributed by atoms with Gasteiger partial charge in [0.1, 0.15) is 12.4 Å². The highest BCUT2D eigenvalue weighted by Gasteiger charge is 2.24. The number of aryl methyl sites for hydroxylation is 1. The van der Waals surface area contributed by atoms with Crippen molar-refractivity contribution in [2.75, 3.05) is 0 Å². The molecule has 3 aromatic rings. The normalized spacial score (nSPS) is 11.3. The fraction of sp³-hybridized carbons (Fsp3) is 0.217. The van der Waals surface area contributed by atoms with Gasteiger partial charge < -0.3 is 15.3 Å². The summed E-state index contributed by atoms with van der Waals surface area (Å²) in [6, 6.07) is 16.7. The van der Waals surface area contributed by atoms with Gasteiger partial charge in [-0.15, -0.1) is 0 Å². The highest BCUT2D eigenvalue weighted by molar-refractivity contribution is 7.07. The predicted octanol–water partition coefficient (Wildman–Crippen LogP) is 4.64. The second kappa shape index (κ2) is 10.5. The molecule has 1 atom stereocenters. The largest absolute Gasteiger partial charge is 0.489 e. The summed E-state index contributed by atoms with van der Waals surface area (Å²) in [5, 5.41) is 13.1. The molecule has 29 heavy (non-hydrogen) atoms. The van der Waals surface area contributed by atoms with Crippen molar-refractivity contribution < 1.29 is 24.9 Å². The summed E-state index contributed by atoms with van der Waals surface area (Å²) in [6.45, 7) is 2.39. The maximum Gasteiger partial charge on any atom is 0.303 e. The predicted molar refractivity (Wildman–Crippen MR) is 114 cm³/mol. The number of aliphatic carboxylic acids is 1. The topological polar surface area (TPSA) is 95.1 Å². The number of carboxylic acids is 1. The fourth-order valence-electron chi connectivity index (χ4n) is 3.16. The van der Waals surface area contributed by atoms with Crippen molar-refractivity contribution >= 4 is 23.1 Å². The molecule has 0 radical (unpaired) electrons. The number of carbonyl (C=O) groups excluding carboxylic acids is 1. The lowest BCUT2D eigenvalue weighted by Gasteiger charge is -2.18. The third-order valence-electron chi connectivity index (χ3n) is 4.63. The van der Waals surface area contributed by atoms with Gasteiger partial charge in [-0.25, -0.2) is 0 Å². The van der Waals surface area contributed by atoms with Crippen molar-refractivity contribution in [3.63, 3.8) is 0 Å². The zero-order valence-corrected chi connectivity index (χ0v) is 16.9. The molecule has 0 spiro atoms. The number of carboxylic acid groups (broad SMARTS) is 1. The van der Waals surface area contributed by atoms with Crippen molar-refractivity contribution in [3.8, 4) is 5.75 Å². The van der Waals surface area contributed by atoms with E-state index in [2.05, 4.69) is 0 Å². The van der Waals surface area contributed by atoms with E-state index in [0.717, 1.165) is 16.7 Å². The quantitative estimate of drug-likeness (QED) is 0.518. The van der Waals surface area contributed by atoms with Gasteiger partial charge in [0, 0.05) is 17.9 Å². The first-order chi connectivity index (χ1) is 13.5. The number of Topliss-reactive ketones (excluding diaryl/α,β-unsaturated/α-hetero) is 1. The van der Waals surface area contributed by atoms with E-state index < -0.39 is 11.9 Å². The molecule has 0 aliphatic carbocycles. The average Bonchev–Trinajstić information content (AvgIpc) is 3.21. The molecule has 0 unspecified atom stereocenters. The number of thiophene rings is 1. The van der Waals surface area contributed by atoms with Gasteiger partial charge in [-0.2, -0.15) is 11.3 Å². The number of ether oxygens (including phenoxy) is 1. The molecule has 0 saturated carbocycles. The first-order valence-electron chi connectivity index (χ1n) is 9.10. The minimum Gasteiger partial charge on any atom is -0.489 e. The Labute approximate surface area is 173 Å². The summed E-state index contributed by atoms with van der Waals surface area (Å²) in [4.78, 5) is 24.3. The van der Waals surface area contributed by atoms with E-state index >= 15 is 0 Å². The Balaban J connectivity index is 0.00000300. The van der Waals surface area contributed by atoms with Crippen molar-refractivity contribution in [3.05, 3.63) is 87.6 Å². The Kier molecular flexibility index (Phi) is 8.12. The first-order valence-corrected chi connectivity index (χ1v) is 10.0. The lowest BCUT2D eigenvalue weighted by atomic mass is 9.85. The molecule has 0 amide bonds. The molecule has 1 heterocycles. The molecule has 1 aromatic heterocycles. The first kappa shape index (κ1) is 22.3. The van der Waals surface area contributed by atoms with Crippen LogP contribution in [0.25, 0.3) is 0 Å². The second-order valence-electron chi connectivity index (χ2n) is 6.65. The van der Waals surface area contributed by atoms with Crippen LogP contribution in [0, 0.1) is 6.92 Å². The molecular formula is C23H24O5S. The summed E-state index contributed by atoms with van der Waals surface area (Å²) in [5.41, 5.74) is 3.47. The van der Waals surface area contributed by atoms with Crippen LogP contribution in [-0.4, -0.2) is 22.3 Å². The van der Waals surface area contributed by atoms with Gasteiger partial charge in [0.05, 0.1) is 0 Å². The summed E-state index contributed by atoms with van der Waals surface area (Å²) >= 11 is 1.61. The Bertz CT molecular complexity index is 949. The van der Waals surface area contributed by atoms with Crippen molar-refractivity contribution in [1.29, 1.82) is 0 Å². The smallest absolute Gasteiger partial charge is 0.303 e. The lowest BCUT2D eigenvalue weighted by molar-refractivity contribution is -0.137. The van der Waals surface area contributed by atoms with Crippen molar-refractivity contribution in [1.82, 2.24) is 0 Å². The average molecular weight is 413 g/mol. The number of rotatable bonds is 9. The highest BCUT2D eigenvalue weighted by Crippen LogP contribution is 2.29. The SMILES string of the molecule is Cc1ccccc1[C@H](CCC(=O)O)C(=O)c1cccc(OCc2ccsc2)c1.O. The van der Waals surface area contributed by atoms with E-state index in [1.807, 2.05) is 54.1 Å². The number of hydrogen-bond donors (Lipinski definition) is 1. The molecule has 3 rings (SSSR count). The van der Waals surface area contributed by atoms with Crippen LogP contribution in [0.2, 0.25) is 0 Å². The monoisotopic (exact) mass is 412 g/mol. The molecule has 5 nitrogen and oxygen atoms in total. The van der Waals surface area contributed by atoms with Gasteiger partial charge in [0.15, 0.2) is 5.78 Å². The molecule has 2 aromatic carbocycles. The standard InChI is InChI=1S/C23H22O4S.H2O/c1-16-5-2-3-8-20(16)21(9-10-22(24)25)23(26)18-6-4-7-19(13-18)27-14-17-11-12-28-15-17;/h2-8,11-13,15,21H,9-10,14H2,1H3,(H,24,25);1H2/t21-;/m0./s1. The Hall–Kier alpha value is -2.96. The van der Waals surface area contributed by atoms with Gasteiger partial charge in [-0.1, -0.05) is 36.4 Å². The maximum absolute atomic E-state index is 13.2. The zero-order valence-electron chi connectivity index (χ0n) is 16.1. The number of benzene rings is 2. The number of hydrogen-bond acceptors (Lipinski definition) is 4. The maximum atomic E-state index is 13.2. The third kappa shape index (κ3) is 6.01. The minimum absolute atomic E-state index is 0. The molecule has 0 aliphatic rings. The van der Waals surface area contributed by atoms with Gasteiger partial charge in [0.2, 0.25) is 0 Å². The molecule has 0 fully saturated rings. The second-order valence-corrected chi connectivity index (χ2v) is 7.43. The minimum atomic E-state index is -0.903. The van der Waals surface area contributed by atoms with Crippen LogP contribution in [0.4, 0.5) is 0 Å². The highest BCUT2D eigenvalue weighted by atomic mass is 32.1.